The molecule has 0 spiro atoms. The third kappa shape index (κ3) is 4.43. The lowest BCUT2D eigenvalue weighted by molar-refractivity contribution is -0.122. The van der Waals surface area contributed by atoms with Gasteiger partial charge in [0.2, 0.25) is 5.91 Å². The second kappa shape index (κ2) is 6.38. The first-order valence-electron chi connectivity index (χ1n) is 5.74. The van der Waals surface area contributed by atoms with Gasteiger partial charge in [0.1, 0.15) is 0 Å². The second-order valence-corrected chi connectivity index (χ2v) is 5.27. The summed E-state index contributed by atoms with van der Waals surface area (Å²) >= 11 is 1.73. The molecule has 15 heavy (non-hydrogen) atoms. The van der Waals surface area contributed by atoms with Gasteiger partial charge in [-0.15, -0.1) is 0 Å². The molecule has 0 saturated heterocycles. The number of amides is 1. The standard InChI is InChI=1S/C11H22N2OS/c1-3-4-8-7-10(8)13-11(14)9(12)5-6-15-2/h8-10H,3-7,12H2,1-2H3,(H,13,14)/t8?,9-,10?/m1/s1. The molecule has 0 aliphatic heterocycles. The number of nitrogens with two attached hydrogens (primary N) is 1. The molecule has 0 aromatic carbocycles. The van der Waals surface area contributed by atoms with Crippen LogP contribution in [0.3, 0.4) is 0 Å². The molecule has 1 amide bonds. The van der Waals surface area contributed by atoms with Crippen LogP contribution in [0.15, 0.2) is 0 Å². The van der Waals surface area contributed by atoms with Crippen molar-refractivity contribution in [1.82, 2.24) is 5.32 Å². The van der Waals surface area contributed by atoms with Gasteiger partial charge in [-0.3, -0.25) is 4.79 Å². The Labute approximate surface area is 96.6 Å². The average Bonchev–Trinajstić information content (AvgIpc) is 2.93. The molecule has 0 aromatic heterocycles. The van der Waals surface area contributed by atoms with Crippen molar-refractivity contribution < 1.29 is 4.79 Å². The molecule has 1 aliphatic rings. The summed E-state index contributed by atoms with van der Waals surface area (Å²) < 4.78 is 0. The maximum atomic E-state index is 11.6. The molecule has 88 valence electrons. The molecule has 0 bridgehead atoms. The minimum atomic E-state index is -0.319. The van der Waals surface area contributed by atoms with E-state index in [1.165, 1.54) is 12.8 Å². The van der Waals surface area contributed by atoms with Gasteiger partial charge in [-0.05, 0) is 37.2 Å². The number of hydrogen-bond acceptors (Lipinski definition) is 3. The molecule has 4 heteroatoms. The minimum absolute atomic E-state index is 0.0349. The molecule has 1 aliphatic carbocycles. The van der Waals surface area contributed by atoms with Crippen LogP contribution in [0.4, 0.5) is 0 Å². The smallest absolute Gasteiger partial charge is 0.237 e. The third-order valence-corrected chi connectivity index (χ3v) is 3.52. The van der Waals surface area contributed by atoms with Gasteiger partial charge in [0.25, 0.3) is 0 Å². The third-order valence-electron chi connectivity index (χ3n) is 2.88. The molecule has 1 saturated carbocycles. The Balaban J connectivity index is 2.13. The Morgan fingerprint density at radius 1 is 1.67 bits per heavy atom. The Morgan fingerprint density at radius 2 is 2.40 bits per heavy atom. The van der Waals surface area contributed by atoms with E-state index in [4.69, 9.17) is 5.73 Å². The zero-order valence-electron chi connectivity index (χ0n) is 9.66. The number of carbonyl (C=O) groups is 1. The lowest BCUT2D eigenvalue weighted by Crippen LogP contribution is -2.42. The number of thioether (sulfide) groups is 1. The van der Waals surface area contributed by atoms with Crippen molar-refractivity contribution in [3.63, 3.8) is 0 Å². The molecular weight excluding hydrogens is 208 g/mol. The monoisotopic (exact) mass is 230 g/mol. The van der Waals surface area contributed by atoms with Crippen molar-refractivity contribution in [2.45, 2.75) is 44.7 Å². The number of carbonyl (C=O) groups excluding carboxylic acids is 1. The van der Waals surface area contributed by atoms with E-state index in [0.717, 1.165) is 18.6 Å². The largest absolute Gasteiger partial charge is 0.352 e. The van der Waals surface area contributed by atoms with Crippen LogP contribution in [0.1, 0.15) is 32.6 Å². The van der Waals surface area contributed by atoms with Gasteiger partial charge in [-0.25, -0.2) is 0 Å². The van der Waals surface area contributed by atoms with Crippen LogP contribution in [-0.4, -0.2) is 30.0 Å². The van der Waals surface area contributed by atoms with Gasteiger partial charge in [-0.1, -0.05) is 13.3 Å². The number of nitrogens with one attached hydrogen (secondary N) is 1. The van der Waals surface area contributed by atoms with Crippen molar-refractivity contribution >= 4 is 17.7 Å². The highest BCUT2D eigenvalue weighted by molar-refractivity contribution is 7.98. The molecule has 1 fully saturated rings. The average molecular weight is 230 g/mol. The first-order valence-corrected chi connectivity index (χ1v) is 7.13. The number of hydrogen-bond donors (Lipinski definition) is 2. The molecule has 2 unspecified atom stereocenters. The highest BCUT2D eigenvalue weighted by Gasteiger charge is 2.37. The van der Waals surface area contributed by atoms with E-state index in [1.807, 2.05) is 6.26 Å². The molecule has 0 aromatic rings. The summed E-state index contributed by atoms with van der Waals surface area (Å²) in [6.45, 7) is 2.18. The summed E-state index contributed by atoms with van der Waals surface area (Å²) in [5, 5.41) is 3.02. The van der Waals surface area contributed by atoms with Gasteiger partial charge in [0.05, 0.1) is 6.04 Å². The zero-order valence-corrected chi connectivity index (χ0v) is 10.5. The normalized spacial score (nSPS) is 26.1. The van der Waals surface area contributed by atoms with Crippen molar-refractivity contribution in [2.24, 2.45) is 11.7 Å². The summed E-state index contributed by atoms with van der Waals surface area (Å²) in [6.07, 6.45) is 6.39. The predicted octanol–water partition coefficient (Wildman–Crippen LogP) is 1.37. The van der Waals surface area contributed by atoms with E-state index in [0.29, 0.717) is 12.0 Å². The van der Waals surface area contributed by atoms with Crippen LogP contribution in [0, 0.1) is 5.92 Å². The predicted molar refractivity (Wildman–Crippen MR) is 65.9 cm³/mol. The van der Waals surface area contributed by atoms with E-state index in [1.54, 1.807) is 11.8 Å². The lowest BCUT2D eigenvalue weighted by Gasteiger charge is -2.11. The van der Waals surface area contributed by atoms with Gasteiger partial charge >= 0.3 is 0 Å². The fourth-order valence-corrected chi connectivity index (χ4v) is 2.27. The Morgan fingerprint density at radius 3 is 3.00 bits per heavy atom. The number of rotatable bonds is 7. The van der Waals surface area contributed by atoms with Crippen molar-refractivity contribution in [3.8, 4) is 0 Å². The molecular formula is C11H22N2OS. The summed E-state index contributed by atoms with van der Waals surface area (Å²) in [4.78, 5) is 11.6. The highest BCUT2D eigenvalue weighted by Crippen LogP contribution is 2.34. The molecule has 3 N–H and O–H groups in total. The molecule has 0 heterocycles. The van der Waals surface area contributed by atoms with Crippen molar-refractivity contribution in [1.29, 1.82) is 0 Å². The van der Waals surface area contributed by atoms with Crippen molar-refractivity contribution in [3.05, 3.63) is 0 Å². The highest BCUT2D eigenvalue weighted by atomic mass is 32.2. The van der Waals surface area contributed by atoms with Gasteiger partial charge in [-0.2, -0.15) is 11.8 Å². The van der Waals surface area contributed by atoms with Crippen molar-refractivity contribution in [2.75, 3.05) is 12.0 Å². The fraction of sp³-hybridized carbons (Fsp3) is 0.909. The Kier molecular flexibility index (Phi) is 5.47. The van der Waals surface area contributed by atoms with Crippen LogP contribution in [0.5, 0.6) is 0 Å². The van der Waals surface area contributed by atoms with Gasteiger partial charge in [0.15, 0.2) is 0 Å². The molecule has 3 nitrogen and oxygen atoms in total. The van der Waals surface area contributed by atoms with E-state index >= 15 is 0 Å². The van der Waals surface area contributed by atoms with Crippen LogP contribution in [0.2, 0.25) is 0 Å². The Bertz CT molecular complexity index is 211. The van der Waals surface area contributed by atoms with Gasteiger partial charge < -0.3 is 11.1 Å². The lowest BCUT2D eigenvalue weighted by atomic mass is 10.2. The Hall–Kier alpha value is -0.220. The molecule has 3 atom stereocenters. The summed E-state index contributed by atoms with van der Waals surface area (Å²) in [5.41, 5.74) is 5.77. The maximum absolute atomic E-state index is 11.6. The van der Waals surface area contributed by atoms with E-state index < -0.39 is 0 Å². The van der Waals surface area contributed by atoms with Gasteiger partial charge in [0, 0.05) is 6.04 Å². The van der Waals surface area contributed by atoms with Crippen LogP contribution < -0.4 is 11.1 Å². The van der Waals surface area contributed by atoms with E-state index in [9.17, 15) is 4.79 Å². The molecule has 0 radical (unpaired) electrons. The maximum Gasteiger partial charge on any atom is 0.237 e. The molecule has 1 rings (SSSR count). The second-order valence-electron chi connectivity index (χ2n) is 4.29. The summed E-state index contributed by atoms with van der Waals surface area (Å²) in [7, 11) is 0. The van der Waals surface area contributed by atoms with E-state index in [2.05, 4.69) is 12.2 Å². The van der Waals surface area contributed by atoms with E-state index in [-0.39, 0.29) is 11.9 Å². The summed E-state index contributed by atoms with van der Waals surface area (Å²) in [6, 6.07) is 0.0955. The first kappa shape index (κ1) is 12.8. The topological polar surface area (TPSA) is 55.1 Å². The van der Waals surface area contributed by atoms with Crippen LogP contribution in [0.25, 0.3) is 0 Å². The van der Waals surface area contributed by atoms with Crippen LogP contribution >= 0.6 is 11.8 Å². The minimum Gasteiger partial charge on any atom is -0.352 e. The van der Waals surface area contributed by atoms with Crippen LogP contribution in [-0.2, 0) is 4.79 Å². The quantitative estimate of drug-likeness (QED) is 0.694. The zero-order chi connectivity index (χ0) is 11.3. The summed E-state index contributed by atoms with van der Waals surface area (Å²) in [5.74, 6) is 1.71. The SMILES string of the molecule is CCCC1CC1NC(=O)[C@H](N)CCSC. The fourth-order valence-electron chi connectivity index (χ4n) is 1.78. The first-order chi connectivity index (χ1) is 7.19.